The molecule has 182 valence electrons. The number of nitrogens with one attached hydrogen (secondary N) is 1. The summed E-state index contributed by atoms with van der Waals surface area (Å²) < 4.78 is 17.9. The molecule has 1 atom stereocenters. The second-order valence-corrected chi connectivity index (χ2v) is 11.1. The van der Waals surface area contributed by atoms with Gasteiger partial charge >= 0.3 is 0 Å². The summed E-state index contributed by atoms with van der Waals surface area (Å²) in [6.07, 6.45) is 11.1. The topological polar surface area (TPSA) is 89.6 Å². The molecule has 3 aromatic rings. The molecule has 1 heterocycles. The Morgan fingerprint density at radius 3 is 2.46 bits per heavy atom. The van der Waals surface area contributed by atoms with Crippen LogP contribution in [0.25, 0.3) is 0 Å². The molecule has 1 spiro atoms. The van der Waals surface area contributed by atoms with E-state index in [-0.39, 0.29) is 0 Å². The number of ether oxygens (including phenoxy) is 1. The highest BCUT2D eigenvalue weighted by Gasteiger charge is 2.44. The van der Waals surface area contributed by atoms with Crippen LogP contribution in [0.5, 0.6) is 5.88 Å². The standard InChI is InChI=1S/C28H32N4O2S/c1-35(33)23-9-7-21(8-10-23)32-26(29)25-24(31-22-11-14-28(15-12-22)16-17-28)13-18-30-27(25)34-19-20-5-3-2-4-6-20/h2-10,13,18,22H,11-12,14-17,19H2,1H3,(H2,29,32)(H,30,31). The third-order valence-electron chi connectivity index (χ3n) is 7.17. The van der Waals surface area contributed by atoms with Crippen molar-refractivity contribution in [2.75, 3.05) is 11.6 Å². The van der Waals surface area contributed by atoms with Gasteiger partial charge in [0.2, 0.25) is 5.88 Å². The molecule has 35 heavy (non-hydrogen) atoms. The van der Waals surface area contributed by atoms with Crippen LogP contribution >= 0.6 is 0 Å². The van der Waals surface area contributed by atoms with Gasteiger partial charge in [-0.25, -0.2) is 9.98 Å². The Morgan fingerprint density at radius 2 is 1.80 bits per heavy atom. The van der Waals surface area contributed by atoms with Crippen LogP contribution in [0, 0.1) is 5.41 Å². The van der Waals surface area contributed by atoms with Crippen LogP contribution in [0.2, 0.25) is 0 Å². The molecule has 2 fully saturated rings. The SMILES string of the molecule is CS(=O)c1ccc(N=C(N)c2c(NC3CCC4(CC3)CC4)ccnc2OCc2ccccc2)cc1. The van der Waals surface area contributed by atoms with E-state index in [1.165, 1.54) is 25.7 Å². The van der Waals surface area contributed by atoms with E-state index < -0.39 is 10.8 Å². The fourth-order valence-electron chi connectivity index (χ4n) is 4.82. The number of aliphatic imine (C=N–C) groups is 1. The highest BCUT2D eigenvalue weighted by Crippen LogP contribution is 2.56. The minimum Gasteiger partial charge on any atom is -0.472 e. The van der Waals surface area contributed by atoms with Crippen LogP contribution in [0.4, 0.5) is 11.4 Å². The molecule has 2 aromatic carbocycles. The first kappa shape index (κ1) is 23.5. The molecule has 1 aromatic heterocycles. The van der Waals surface area contributed by atoms with Crippen LogP contribution in [0.1, 0.15) is 49.7 Å². The number of hydrogen-bond donors (Lipinski definition) is 2. The first-order valence-corrected chi connectivity index (χ1v) is 13.8. The van der Waals surface area contributed by atoms with Crippen LogP contribution < -0.4 is 15.8 Å². The zero-order chi connectivity index (χ0) is 24.3. The maximum atomic E-state index is 11.7. The van der Waals surface area contributed by atoms with Gasteiger partial charge in [-0.2, -0.15) is 0 Å². The van der Waals surface area contributed by atoms with Crippen LogP contribution in [-0.4, -0.2) is 27.3 Å². The lowest BCUT2D eigenvalue weighted by molar-refractivity contribution is 0.293. The first-order valence-electron chi connectivity index (χ1n) is 12.2. The highest BCUT2D eigenvalue weighted by molar-refractivity contribution is 7.84. The molecule has 2 aliphatic rings. The summed E-state index contributed by atoms with van der Waals surface area (Å²) in [7, 11) is -1.04. The molecule has 0 radical (unpaired) electrons. The Morgan fingerprint density at radius 1 is 1.09 bits per heavy atom. The predicted molar refractivity (Wildman–Crippen MR) is 142 cm³/mol. The van der Waals surface area contributed by atoms with Crippen molar-refractivity contribution in [1.29, 1.82) is 0 Å². The number of pyridine rings is 1. The molecule has 0 saturated heterocycles. The Hall–Kier alpha value is -3.19. The fraction of sp³-hybridized carbons (Fsp3) is 0.357. The first-order chi connectivity index (χ1) is 17.0. The van der Waals surface area contributed by atoms with E-state index >= 15 is 0 Å². The Kier molecular flexibility index (Phi) is 6.86. The molecule has 6 nitrogen and oxygen atoms in total. The second-order valence-electron chi connectivity index (χ2n) is 9.68. The molecule has 0 bridgehead atoms. The van der Waals surface area contributed by atoms with Crippen molar-refractivity contribution in [3.05, 3.63) is 78.0 Å². The number of anilines is 1. The molecule has 7 heteroatoms. The predicted octanol–water partition coefficient (Wildman–Crippen LogP) is 5.57. The second kappa shape index (κ2) is 10.2. The van der Waals surface area contributed by atoms with E-state index in [0.29, 0.717) is 41.0 Å². The Balaban J connectivity index is 1.43. The van der Waals surface area contributed by atoms with Crippen molar-refractivity contribution in [3.63, 3.8) is 0 Å². The number of amidine groups is 1. The number of aromatic nitrogens is 1. The van der Waals surface area contributed by atoms with Gasteiger partial charge in [0.15, 0.2) is 0 Å². The highest BCUT2D eigenvalue weighted by atomic mass is 32.2. The summed E-state index contributed by atoms with van der Waals surface area (Å²) in [5, 5.41) is 3.72. The maximum absolute atomic E-state index is 11.7. The third kappa shape index (κ3) is 5.73. The van der Waals surface area contributed by atoms with E-state index in [9.17, 15) is 4.21 Å². The lowest BCUT2D eigenvalue weighted by Gasteiger charge is -2.30. The summed E-state index contributed by atoms with van der Waals surface area (Å²) >= 11 is 0. The molecule has 2 aliphatic carbocycles. The quantitative estimate of drug-likeness (QED) is 0.320. The Labute approximate surface area is 209 Å². The van der Waals surface area contributed by atoms with Gasteiger partial charge in [0.05, 0.1) is 11.4 Å². The van der Waals surface area contributed by atoms with Crippen LogP contribution in [-0.2, 0) is 17.4 Å². The largest absolute Gasteiger partial charge is 0.472 e. The monoisotopic (exact) mass is 488 g/mol. The van der Waals surface area contributed by atoms with Gasteiger partial charge in [0.25, 0.3) is 0 Å². The molecule has 3 N–H and O–H groups in total. The summed E-state index contributed by atoms with van der Waals surface area (Å²) in [5.41, 5.74) is 10.5. The molecular formula is C28H32N4O2S. The minimum absolute atomic E-state index is 0.337. The van der Waals surface area contributed by atoms with Gasteiger partial charge in [0.1, 0.15) is 18.0 Å². The van der Waals surface area contributed by atoms with Gasteiger partial charge in [-0.1, -0.05) is 30.3 Å². The smallest absolute Gasteiger partial charge is 0.226 e. The van der Waals surface area contributed by atoms with E-state index in [2.05, 4.69) is 15.3 Å². The molecule has 0 amide bonds. The average Bonchev–Trinajstić information content (AvgIpc) is 3.64. The van der Waals surface area contributed by atoms with Crippen molar-refractivity contribution in [3.8, 4) is 5.88 Å². The van der Waals surface area contributed by atoms with Crippen molar-refractivity contribution in [2.24, 2.45) is 16.1 Å². The van der Waals surface area contributed by atoms with Gasteiger partial charge in [0, 0.05) is 34.2 Å². The number of nitrogens with two attached hydrogens (primary N) is 1. The van der Waals surface area contributed by atoms with Gasteiger partial charge in [-0.15, -0.1) is 0 Å². The molecule has 5 rings (SSSR count). The maximum Gasteiger partial charge on any atom is 0.226 e. The lowest BCUT2D eigenvalue weighted by atomic mass is 9.83. The van der Waals surface area contributed by atoms with Crippen molar-refractivity contribution in [2.45, 2.75) is 56.1 Å². The van der Waals surface area contributed by atoms with E-state index in [1.807, 2.05) is 60.7 Å². The molecule has 2 saturated carbocycles. The van der Waals surface area contributed by atoms with Gasteiger partial charge in [-0.3, -0.25) is 4.21 Å². The normalized spacial score (nSPS) is 18.3. The number of rotatable bonds is 8. The summed E-state index contributed by atoms with van der Waals surface area (Å²) in [5.74, 6) is 0.796. The zero-order valence-electron chi connectivity index (χ0n) is 20.1. The van der Waals surface area contributed by atoms with E-state index in [4.69, 9.17) is 10.5 Å². The average molecular weight is 489 g/mol. The lowest BCUT2D eigenvalue weighted by Crippen LogP contribution is -2.28. The fourth-order valence-corrected chi connectivity index (χ4v) is 5.34. The molecule has 0 aliphatic heterocycles. The van der Waals surface area contributed by atoms with E-state index in [1.54, 1.807) is 12.5 Å². The summed E-state index contributed by atoms with van der Waals surface area (Å²) in [6, 6.07) is 19.6. The third-order valence-corrected chi connectivity index (χ3v) is 8.11. The molecular weight excluding hydrogens is 456 g/mol. The van der Waals surface area contributed by atoms with Crippen LogP contribution in [0.15, 0.2) is 76.7 Å². The van der Waals surface area contributed by atoms with Crippen LogP contribution in [0.3, 0.4) is 0 Å². The molecule has 1 unspecified atom stereocenters. The minimum atomic E-state index is -1.04. The number of nitrogens with zero attached hydrogens (tertiary/aromatic N) is 2. The van der Waals surface area contributed by atoms with Crippen molar-refractivity contribution >= 4 is 28.0 Å². The number of hydrogen-bond acceptors (Lipinski definition) is 5. The van der Waals surface area contributed by atoms with Gasteiger partial charge < -0.3 is 15.8 Å². The van der Waals surface area contributed by atoms with Crippen molar-refractivity contribution < 1.29 is 8.95 Å². The van der Waals surface area contributed by atoms with Crippen molar-refractivity contribution in [1.82, 2.24) is 4.98 Å². The number of benzene rings is 2. The summed E-state index contributed by atoms with van der Waals surface area (Å²) in [4.78, 5) is 9.94. The van der Waals surface area contributed by atoms with Gasteiger partial charge in [-0.05, 0) is 79.8 Å². The summed E-state index contributed by atoms with van der Waals surface area (Å²) in [6.45, 7) is 0.389. The Bertz CT molecular complexity index is 1210. The zero-order valence-corrected chi connectivity index (χ0v) is 20.9. The van der Waals surface area contributed by atoms with E-state index in [0.717, 1.165) is 29.0 Å².